The molecular formula is C27H28N2O4. The Morgan fingerprint density at radius 1 is 0.667 bits per heavy atom. The van der Waals surface area contributed by atoms with Crippen molar-refractivity contribution >= 4 is 0 Å². The molecule has 4 aromatic rings. The van der Waals surface area contributed by atoms with E-state index >= 15 is 0 Å². The number of rotatable bonds is 8. The van der Waals surface area contributed by atoms with Gasteiger partial charge in [-0.3, -0.25) is 4.68 Å². The molecular weight excluding hydrogens is 416 g/mol. The van der Waals surface area contributed by atoms with Crippen LogP contribution >= 0.6 is 0 Å². The van der Waals surface area contributed by atoms with Gasteiger partial charge in [0.2, 0.25) is 0 Å². The molecule has 0 saturated carbocycles. The number of hydrogen-bond donors (Lipinski definition) is 0. The lowest BCUT2D eigenvalue weighted by Crippen LogP contribution is -2.04. The minimum atomic E-state index is 0.638. The molecule has 0 N–H and O–H groups in total. The second-order valence-electron chi connectivity index (χ2n) is 7.70. The maximum Gasteiger partial charge on any atom is 0.161 e. The summed E-state index contributed by atoms with van der Waals surface area (Å²) < 4.78 is 23.8. The van der Waals surface area contributed by atoms with Crippen molar-refractivity contribution in [2.24, 2.45) is 0 Å². The first-order valence-electron chi connectivity index (χ1n) is 10.6. The summed E-state index contributed by atoms with van der Waals surface area (Å²) in [6.45, 7) is 2.73. The minimum absolute atomic E-state index is 0.638. The third-order valence-electron chi connectivity index (χ3n) is 5.55. The molecule has 1 aromatic heterocycles. The molecule has 0 radical (unpaired) electrons. The summed E-state index contributed by atoms with van der Waals surface area (Å²) >= 11 is 0. The first-order valence-corrected chi connectivity index (χ1v) is 10.6. The van der Waals surface area contributed by atoms with Gasteiger partial charge in [-0.05, 0) is 55.0 Å². The smallest absolute Gasteiger partial charge is 0.161 e. The standard InChI is InChI=1S/C27H28N2O4/c1-18-7-6-8-19(13-18)17-29-23(21-10-12-25(31-3)27(15-21)33-5)16-22(28-29)20-9-11-24(30-2)26(14-20)32-4/h6-16H,17H2,1-5H3. The highest BCUT2D eigenvalue weighted by atomic mass is 16.5. The van der Waals surface area contributed by atoms with Crippen LogP contribution in [0.2, 0.25) is 0 Å². The molecule has 0 unspecified atom stereocenters. The molecule has 4 rings (SSSR count). The van der Waals surface area contributed by atoms with Gasteiger partial charge in [0.15, 0.2) is 23.0 Å². The molecule has 6 nitrogen and oxygen atoms in total. The second kappa shape index (κ2) is 9.69. The Morgan fingerprint density at radius 2 is 1.27 bits per heavy atom. The highest BCUT2D eigenvalue weighted by Crippen LogP contribution is 2.36. The van der Waals surface area contributed by atoms with E-state index in [4.69, 9.17) is 24.0 Å². The van der Waals surface area contributed by atoms with Crippen LogP contribution in [-0.4, -0.2) is 38.2 Å². The third-order valence-corrected chi connectivity index (χ3v) is 5.55. The molecule has 6 heteroatoms. The second-order valence-corrected chi connectivity index (χ2v) is 7.70. The van der Waals surface area contributed by atoms with Crippen molar-refractivity contribution in [2.45, 2.75) is 13.5 Å². The fourth-order valence-electron chi connectivity index (χ4n) is 3.89. The molecule has 0 saturated heterocycles. The molecule has 0 atom stereocenters. The highest BCUT2D eigenvalue weighted by Gasteiger charge is 2.16. The normalized spacial score (nSPS) is 10.7. The van der Waals surface area contributed by atoms with E-state index in [0.717, 1.165) is 22.5 Å². The number of aromatic nitrogens is 2. The van der Waals surface area contributed by atoms with Crippen LogP contribution in [0.3, 0.4) is 0 Å². The third kappa shape index (κ3) is 4.65. The Hall–Kier alpha value is -3.93. The SMILES string of the molecule is COc1ccc(-c2cc(-c3ccc(OC)c(OC)c3)n(Cc3cccc(C)c3)n2)cc1OC. The summed E-state index contributed by atoms with van der Waals surface area (Å²) in [5.74, 6) is 2.70. The summed E-state index contributed by atoms with van der Waals surface area (Å²) in [6, 6.07) is 22.3. The van der Waals surface area contributed by atoms with Crippen LogP contribution in [0.1, 0.15) is 11.1 Å². The topological polar surface area (TPSA) is 54.7 Å². The molecule has 0 spiro atoms. The van der Waals surface area contributed by atoms with Gasteiger partial charge in [0.25, 0.3) is 0 Å². The number of aryl methyl sites for hydroxylation is 1. The maximum absolute atomic E-state index is 5.53. The summed E-state index contributed by atoms with van der Waals surface area (Å²) in [7, 11) is 6.53. The summed E-state index contributed by atoms with van der Waals surface area (Å²) in [6.07, 6.45) is 0. The zero-order chi connectivity index (χ0) is 23.4. The Bertz CT molecular complexity index is 1260. The van der Waals surface area contributed by atoms with Crippen molar-refractivity contribution in [3.8, 4) is 45.5 Å². The first-order chi connectivity index (χ1) is 16.1. The van der Waals surface area contributed by atoms with Gasteiger partial charge in [0, 0.05) is 11.1 Å². The molecule has 0 amide bonds. The van der Waals surface area contributed by atoms with Crippen LogP contribution in [0.5, 0.6) is 23.0 Å². The van der Waals surface area contributed by atoms with Crippen molar-refractivity contribution in [1.29, 1.82) is 0 Å². The fraction of sp³-hybridized carbons (Fsp3) is 0.222. The molecule has 1 heterocycles. The lowest BCUT2D eigenvalue weighted by molar-refractivity contribution is 0.355. The van der Waals surface area contributed by atoms with E-state index in [1.54, 1.807) is 28.4 Å². The van der Waals surface area contributed by atoms with Crippen molar-refractivity contribution in [2.75, 3.05) is 28.4 Å². The van der Waals surface area contributed by atoms with Gasteiger partial charge < -0.3 is 18.9 Å². The van der Waals surface area contributed by atoms with E-state index in [0.29, 0.717) is 29.5 Å². The van der Waals surface area contributed by atoms with Crippen LogP contribution in [-0.2, 0) is 6.54 Å². The number of ether oxygens (including phenoxy) is 4. The Morgan fingerprint density at radius 3 is 1.88 bits per heavy atom. The number of methoxy groups -OCH3 is 4. The predicted molar refractivity (Wildman–Crippen MR) is 130 cm³/mol. The van der Waals surface area contributed by atoms with Crippen molar-refractivity contribution < 1.29 is 18.9 Å². The Labute approximate surface area is 194 Å². The van der Waals surface area contributed by atoms with Gasteiger partial charge in [0.05, 0.1) is 46.4 Å². The molecule has 0 aliphatic carbocycles. The minimum Gasteiger partial charge on any atom is -0.493 e. The average molecular weight is 445 g/mol. The monoisotopic (exact) mass is 444 g/mol. The Balaban J connectivity index is 1.83. The van der Waals surface area contributed by atoms with Gasteiger partial charge in [-0.1, -0.05) is 29.8 Å². The molecule has 3 aromatic carbocycles. The van der Waals surface area contributed by atoms with E-state index < -0.39 is 0 Å². The molecule has 170 valence electrons. The molecule has 0 aliphatic rings. The molecule has 0 bridgehead atoms. The highest BCUT2D eigenvalue weighted by molar-refractivity contribution is 5.72. The zero-order valence-electron chi connectivity index (χ0n) is 19.6. The quantitative estimate of drug-likeness (QED) is 0.354. The summed E-state index contributed by atoms with van der Waals surface area (Å²) in [4.78, 5) is 0. The zero-order valence-corrected chi connectivity index (χ0v) is 19.6. The summed E-state index contributed by atoms with van der Waals surface area (Å²) in [5.41, 5.74) is 6.14. The first kappa shape index (κ1) is 22.3. The fourth-order valence-corrected chi connectivity index (χ4v) is 3.89. The molecule has 0 aliphatic heterocycles. The van der Waals surface area contributed by atoms with Gasteiger partial charge in [-0.15, -0.1) is 0 Å². The van der Waals surface area contributed by atoms with E-state index in [1.165, 1.54) is 11.1 Å². The average Bonchev–Trinajstić information content (AvgIpc) is 3.26. The van der Waals surface area contributed by atoms with Crippen LogP contribution in [0.4, 0.5) is 0 Å². The largest absolute Gasteiger partial charge is 0.493 e. The van der Waals surface area contributed by atoms with Gasteiger partial charge in [-0.2, -0.15) is 5.10 Å². The van der Waals surface area contributed by atoms with E-state index in [2.05, 4.69) is 37.3 Å². The van der Waals surface area contributed by atoms with Crippen LogP contribution in [0.15, 0.2) is 66.7 Å². The lowest BCUT2D eigenvalue weighted by atomic mass is 10.1. The predicted octanol–water partition coefficient (Wildman–Crippen LogP) is 5.61. The molecule has 33 heavy (non-hydrogen) atoms. The van der Waals surface area contributed by atoms with Crippen LogP contribution in [0.25, 0.3) is 22.5 Å². The van der Waals surface area contributed by atoms with E-state index in [9.17, 15) is 0 Å². The Kier molecular flexibility index (Phi) is 6.54. The summed E-state index contributed by atoms with van der Waals surface area (Å²) in [5, 5.41) is 4.96. The van der Waals surface area contributed by atoms with Gasteiger partial charge >= 0.3 is 0 Å². The van der Waals surface area contributed by atoms with Crippen molar-refractivity contribution in [1.82, 2.24) is 9.78 Å². The van der Waals surface area contributed by atoms with Crippen LogP contribution < -0.4 is 18.9 Å². The number of hydrogen-bond acceptors (Lipinski definition) is 5. The van der Waals surface area contributed by atoms with Crippen molar-refractivity contribution in [3.05, 3.63) is 77.9 Å². The number of benzene rings is 3. The van der Waals surface area contributed by atoms with Gasteiger partial charge in [-0.25, -0.2) is 0 Å². The van der Waals surface area contributed by atoms with Gasteiger partial charge in [0.1, 0.15) is 0 Å². The van der Waals surface area contributed by atoms with Crippen LogP contribution in [0, 0.1) is 6.92 Å². The van der Waals surface area contributed by atoms with E-state index in [1.807, 2.05) is 41.1 Å². The number of nitrogens with zero attached hydrogens (tertiary/aromatic N) is 2. The molecule has 0 fully saturated rings. The van der Waals surface area contributed by atoms with E-state index in [-0.39, 0.29) is 0 Å². The van der Waals surface area contributed by atoms with Crippen molar-refractivity contribution in [3.63, 3.8) is 0 Å². The lowest BCUT2D eigenvalue weighted by Gasteiger charge is -2.12. The maximum atomic E-state index is 5.53.